The van der Waals surface area contributed by atoms with E-state index in [4.69, 9.17) is 14.3 Å². The second kappa shape index (κ2) is 13.6. The minimum absolute atomic E-state index is 0.00447. The van der Waals surface area contributed by atoms with E-state index in [-0.39, 0.29) is 34.5 Å². The number of rotatable bonds is 12. The standard InChI is InChI=1S/C26H26N6O10S2/c1-26(2,3)42-18(34)11-41-30-19(16-12-44-25(28-16)27-13-33)21(35)29-20-22(36)31-17(8-9-43-23(20)31)24(37)40-10-14-4-6-15(7-5-14)32(38)39/h4-8,12-13,20,23H,9-11H2,1-3H3,(H,29,35)(H,27,28,33)/t20?,23-/m1/s1. The minimum Gasteiger partial charge on any atom is -0.457 e. The number of non-ortho nitro benzene ring substituents is 1. The van der Waals surface area contributed by atoms with Crippen molar-refractivity contribution in [3.8, 4) is 0 Å². The predicted octanol–water partition coefficient (Wildman–Crippen LogP) is 1.71. The number of carbonyl (C=O) groups excluding carboxylic acids is 5. The van der Waals surface area contributed by atoms with Crippen LogP contribution in [0.2, 0.25) is 0 Å². The molecule has 2 aliphatic rings. The summed E-state index contributed by atoms with van der Waals surface area (Å²) >= 11 is 2.30. The Hall–Kier alpha value is -4.84. The highest BCUT2D eigenvalue weighted by Crippen LogP contribution is 2.38. The summed E-state index contributed by atoms with van der Waals surface area (Å²) in [6, 6.07) is 4.44. The van der Waals surface area contributed by atoms with Crippen LogP contribution in [0.1, 0.15) is 32.0 Å². The van der Waals surface area contributed by atoms with Crippen molar-refractivity contribution in [2.24, 2.45) is 5.16 Å². The molecule has 2 N–H and O–H groups in total. The highest BCUT2D eigenvalue weighted by molar-refractivity contribution is 8.00. The summed E-state index contributed by atoms with van der Waals surface area (Å²) in [6.45, 7) is 4.23. The zero-order valence-electron chi connectivity index (χ0n) is 23.5. The summed E-state index contributed by atoms with van der Waals surface area (Å²) in [5.74, 6) is -2.60. The summed E-state index contributed by atoms with van der Waals surface area (Å²) in [7, 11) is 0. The van der Waals surface area contributed by atoms with E-state index in [1.807, 2.05) is 0 Å². The van der Waals surface area contributed by atoms with Crippen LogP contribution in [0.4, 0.5) is 10.8 Å². The number of ether oxygens (including phenoxy) is 2. The van der Waals surface area contributed by atoms with Crippen LogP contribution in [0.15, 0.2) is 46.6 Å². The molecule has 2 aromatic rings. The molecule has 0 radical (unpaired) electrons. The van der Waals surface area contributed by atoms with Crippen molar-refractivity contribution < 1.29 is 43.2 Å². The Bertz CT molecular complexity index is 1530. The van der Waals surface area contributed by atoms with E-state index < -0.39 is 52.3 Å². The maximum absolute atomic E-state index is 13.3. The minimum atomic E-state index is -1.04. The number of nitrogens with zero attached hydrogens (tertiary/aromatic N) is 4. The first-order valence-corrected chi connectivity index (χ1v) is 14.7. The van der Waals surface area contributed by atoms with Gasteiger partial charge in [0.15, 0.2) is 10.8 Å². The maximum atomic E-state index is 13.3. The Morgan fingerprint density at radius 3 is 2.64 bits per heavy atom. The van der Waals surface area contributed by atoms with Gasteiger partial charge in [0.05, 0.1) is 4.92 Å². The third-order valence-corrected chi connectivity index (χ3v) is 7.72. The van der Waals surface area contributed by atoms with Gasteiger partial charge in [0.1, 0.15) is 35.0 Å². The van der Waals surface area contributed by atoms with Gasteiger partial charge in [0, 0.05) is 23.3 Å². The van der Waals surface area contributed by atoms with Crippen LogP contribution in [0, 0.1) is 10.1 Å². The smallest absolute Gasteiger partial charge is 0.355 e. The zero-order valence-corrected chi connectivity index (χ0v) is 25.1. The number of carbonyl (C=O) groups is 5. The Balaban J connectivity index is 1.41. The quantitative estimate of drug-likeness (QED) is 0.0843. The van der Waals surface area contributed by atoms with E-state index in [2.05, 4.69) is 20.8 Å². The summed E-state index contributed by atoms with van der Waals surface area (Å²) in [5, 5.41) is 20.5. The first-order valence-electron chi connectivity index (χ1n) is 12.8. The Morgan fingerprint density at radius 2 is 1.98 bits per heavy atom. The number of esters is 2. The summed E-state index contributed by atoms with van der Waals surface area (Å²) in [5.41, 5.74) is -0.714. The number of thiazole rings is 1. The van der Waals surface area contributed by atoms with Crippen LogP contribution in [0.5, 0.6) is 0 Å². The highest BCUT2D eigenvalue weighted by atomic mass is 32.2. The van der Waals surface area contributed by atoms with Crippen LogP contribution in [0.3, 0.4) is 0 Å². The van der Waals surface area contributed by atoms with E-state index in [9.17, 15) is 34.1 Å². The van der Waals surface area contributed by atoms with Crippen LogP contribution >= 0.6 is 23.1 Å². The third-order valence-electron chi connectivity index (χ3n) is 5.76. The number of oxime groups is 1. The molecule has 1 aromatic carbocycles. The van der Waals surface area contributed by atoms with Gasteiger partial charge < -0.3 is 24.9 Å². The molecule has 2 atom stereocenters. The van der Waals surface area contributed by atoms with E-state index >= 15 is 0 Å². The molecule has 44 heavy (non-hydrogen) atoms. The van der Waals surface area contributed by atoms with Gasteiger partial charge >= 0.3 is 11.9 Å². The van der Waals surface area contributed by atoms with Crippen LogP contribution in [0.25, 0.3) is 0 Å². The Morgan fingerprint density at radius 1 is 1.25 bits per heavy atom. The normalized spacial score (nSPS) is 17.8. The van der Waals surface area contributed by atoms with Crippen LogP contribution in [-0.2, 0) is 44.9 Å². The van der Waals surface area contributed by atoms with Crippen molar-refractivity contribution in [3.63, 3.8) is 0 Å². The molecule has 1 aromatic heterocycles. The zero-order chi connectivity index (χ0) is 32.0. The number of nitrogens with one attached hydrogen (secondary N) is 2. The van der Waals surface area contributed by atoms with Crippen LogP contribution < -0.4 is 10.6 Å². The summed E-state index contributed by atoms with van der Waals surface area (Å²) < 4.78 is 10.5. The highest BCUT2D eigenvalue weighted by Gasteiger charge is 2.53. The second-order valence-corrected chi connectivity index (χ2v) is 12.1. The number of fused-ring (bicyclic) bond motifs is 1. The monoisotopic (exact) mass is 646 g/mol. The van der Waals surface area contributed by atoms with E-state index in [1.54, 1.807) is 20.8 Å². The Kier molecular flexibility index (Phi) is 9.94. The number of nitro benzene ring substituents is 1. The molecule has 3 heterocycles. The first-order chi connectivity index (χ1) is 20.9. The second-order valence-electron chi connectivity index (χ2n) is 10.1. The molecule has 232 valence electrons. The lowest BCUT2D eigenvalue weighted by Gasteiger charge is -2.48. The van der Waals surface area contributed by atoms with E-state index in [1.165, 1.54) is 52.4 Å². The fraction of sp³-hybridized carbons (Fsp3) is 0.346. The maximum Gasteiger partial charge on any atom is 0.355 e. The first kappa shape index (κ1) is 32.1. The van der Waals surface area contributed by atoms with Gasteiger partial charge in [-0.25, -0.2) is 14.6 Å². The molecule has 2 aliphatic heterocycles. The molecule has 18 heteroatoms. The van der Waals surface area contributed by atoms with Crippen molar-refractivity contribution in [3.05, 3.63) is 62.8 Å². The summed E-state index contributed by atoms with van der Waals surface area (Å²) in [6.07, 6.45) is 1.94. The molecule has 0 bridgehead atoms. The lowest BCUT2D eigenvalue weighted by atomic mass is 10.0. The SMILES string of the molecule is CC(C)(C)OC(=O)CON=C(C(=O)NC1C(=O)N2C(C(=O)OCc3ccc([N+](=O)[O-])cc3)=CCS[C@H]12)c1csc(NC=O)n1. The topological polar surface area (TPSA) is 209 Å². The Labute approximate surface area is 257 Å². The predicted molar refractivity (Wildman–Crippen MR) is 156 cm³/mol. The number of nitro groups is 1. The van der Waals surface area contributed by atoms with Gasteiger partial charge in [-0.3, -0.25) is 29.4 Å². The average molecular weight is 647 g/mol. The molecular formula is C26H26N6O10S2. The molecule has 3 amide bonds. The van der Waals surface area contributed by atoms with E-state index in [0.29, 0.717) is 17.7 Å². The van der Waals surface area contributed by atoms with Gasteiger partial charge in [0.25, 0.3) is 17.5 Å². The number of thioether (sulfide) groups is 1. The lowest BCUT2D eigenvalue weighted by Crippen LogP contribution is -2.70. The lowest BCUT2D eigenvalue weighted by molar-refractivity contribution is -0.384. The van der Waals surface area contributed by atoms with Crippen molar-refractivity contribution in [1.29, 1.82) is 0 Å². The number of aromatic nitrogens is 1. The van der Waals surface area contributed by atoms with Crippen molar-refractivity contribution >= 4 is 69.8 Å². The van der Waals surface area contributed by atoms with Crippen LogP contribution in [-0.4, -0.2) is 80.1 Å². The molecule has 0 aliphatic carbocycles. The number of amides is 3. The van der Waals surface area contributed by atoms with Gasteiger partial charge in [-0.05, 0) is 44.5 Å². The van der Waals surface area contributed by atoms with Crippen molar-refractivity contribution in [2.45, 2.75) is 44.4 Å². The molecule has 1 fully saturated rings. The van der Waals surface area contributed by atoms with Gasteiger partial charge in [0.2, 0.25) is 13.0 Å². The van der Waals surface area contributed by atoms with Crippen molar-refractivity contribution in [1.82, 2.24) is 15.2 Å². The van der Waals surface area contributed by atoms with Gasteiger partial charge in [-0.1, -0.05) is 5.16 Å². The van der Waals surface area contributed by atoms with E-state index in [0.717, 1.165) is 11.3 Å². The number of hydrogen-bond donors (Lipinski definition) is 2. The third kappa shape index (κ3) is 7.75. The molecular weight excluding hydrogens is 620 g/mol. The molecule has 1 saturated heterocycles. The number of hydrogen-bond acceptors (Lipinski definition) is 14. The summed E-state index contributed by atoms with van der Waals surface area (Å²) in [4.78, 5) is 82.7. The molecule has 16 nitrogen and oxygen atoms in total. The largest absolute Gasteiger partial charge is 0.457 e. The molecule has 0 spiro atoms. The fourth-order valence-corrected chi connectivity index (χ4v) is 5.75. The number of benzene rings is 1. The number of β-lactam (4-membered cyclic amide) rings is 1. The van der Waals surface area contributed by atoms with Gasteiger partial charge in [-0.15, -0.1) is 23.1 Å². The van der Waals surface area contributed by atoms with Gasteiger partial charge in [-0.2, -0.15) is 0 Å². The molecule has 0 saturated carbocycles. The molecule has 1 unspecified atom stereocenters. The van der Waals surface area contributed by atoms with Crippen molar-refractivity contribution in [2.75, 3.05) is 17.7 Å². The average Bonchev–Trinajstić information content (AvgIpc) is 3.43. The molecule has 4 rings (SSSR count). The fourth-order valence-electron chi connectivity index (χ4n) is 3.90. The number of anilines is 1.